The third kappa shape index (κ3) is 1.10. The van der Waals surface area contributed by atoms with Crippen molar-refractivity contribution in [3.63, 3.8) is 0 Å². The molecule has 2 aromatic heterocycles. The molecule has 0 spiro atoms. The molecule has 74 valence electrons. The van der Waals surface area contributed by atoms with E-state index in [1.165, 1.54) is 6.39 Å². The van der Waals surface area contributed by atoms with Crippen molar-refractivity contribution in [3.05, 3.63) is 30.8 Å². The highest BCUT2D eigenvalue weighted by molar-refractivity contribution is 5.92. The maximum absolute atomic E-state index is 5.64. The maximum Gasteiger partial charge on any atom is 0.230 e. The number of fused-ring (bicyclic) bond motifs is 1. The van der Waals surface area contributed by atoms with Crippen LogP contribution in [0.4, 0.5) is 5.88 Å². The second-order valence-electron chi connectivity index (χ2n) is 3.11. The van der Waals surface area contributed by atoms with Gasteiger partial charge in [0.05, 0.1) is 11.8 Å². The van der Waals surface area contributed by atoms with E-state index < -0.39 is 0 Å². The van der Waals surface area contributed by atoms with Crippen LogP contribution in [0.5, 0.6) is 0 Å². The standard InChI is InChI=1S/C10H7N3O2/c11-10-7(4-13-15-10)6-2-1-3-8-9(6)14-5-12-8/h1-5H,11H2. The molecule has 5 heteroatoms. The Bertz CT molecular complexity index is 612. The predicted octanol–water partition coefficient (Wildman–Crippen LogP) is 2.06. The summed E-state index contributed by atoms with van der Waals surface area (Å²) in [6, 6.07) is 5.63. The molecule has 0 aliphatic rings. The fourth-order valence-corrected chi connectivity index (χ4v) is 1.55. The molecule has 3 rings (SSSR count). The third-order valence-electron chi connectivity index (χ3n) is 2.25. The van der Waals surface area contributed by atoms with E-state index in [0.29, 0.717) is 5.58 Å². The molecule has 0 amide bonds. The molecule has 3 aromatic rings. The second kappa shape index (κ2) is 2.84. The quantitative estimate of drug-likeness (QED) is 0.651. The van der Waals surface area contributed by atoms with Gasteiger partial charge in [0.2, 0.25) is 5.88 Å². The van der Waals surface area contributed by atoms with Gasteiger partial charge in [-0.05, 0) is 6.07 Å². The molecular weight excluding hydrogens is 194 g/mol. The first kappa shape index (κ1) is 8.05. The Morgan fingerprint density at radius 3 is 2.93 bits per heavy atom. The number of aromatic nitrogens is 2. The van der Waals surface area contributed by atoms with Crippen LogP contribution < -0.4 is 5.73 Å². The number of nitrogens with zero attached hydrogens (tertiary/aromatic N) is 2. The lowest BCUT2D eigenvalue weighted by atomic mass is 10.1. The normalized spacial score (nSPS) is 10.9. The number of nitrogens with two attached hydrogens (primary N) is 1. The minimum absolute atomic E-state index is 0.277. The first-order valence-electron chi connectivity index (χ1n) is 4.39. The number of benzene rings is 1. The van der Waals surface area contributed by atoms with E-state index >= 15 is 0 Å². The Morgan fingerprint density at radius 1 is 1.20 bits per heavy atom. The van der Waals surface area contributed by atoms with Crippen molar-refractivity contribution in [2.75, 3.05) is 5.73 Å². The molecular formula is C10H7N3O2. The summed E-state index contributed by atoms with van der Waals surface area (Å²) in [4.78, 5) is 4.06. The van der Waals surface area contributed by atoms with E-state index in [2.05, 4.69) is 10.1 Å². The summed E-state index contributed by atoms with van der Waals surface area (Å²) in [7, 11) is 0. The van der Waals surface area contributed by atoms with Gasteiger partial charge in [-0.1, -0.05) is 17.3 Å². The van der Waals surface area contributed by atoms with Crippen LogP contribution in [0.1, 0.15) is 0 Å². The summed E-state index contributed by atoms with van der Waals surface area (Å²) >= 11 is 0. The van der Waals surface area contributed by atoms with Crippen molar-refractivity contribution in [1.29, 1.82) is 0 Å². The van der Waals surface area contributed by atoms with Gasteiger partial charge in [0.1, 0.15) is 5.52 Å². The van der Waals surface area contributed by atoms with Gasteiger partial charge in [-0.15, -0.1) is 0 Å². The molecule has 2 N–H and O–H groups in total. The fourth-order valence-electron chi connectivity index (χ4n) is 1.55. The number of para-hydroxylation sites is 1. The average Bonchev–Trinajstić information content (AvgIpc) is 2.85. The van der Waals surface area contributed by atoms with Crippen LogP contribution in [-0.4, -0.2) is 10.1 Å². The van der Waals surface area contributed by atoms with Gasteiger partial charge in [0.25, 0.3) is 0 Å². The van der Waals surface area contributed by atoms with E-state index in [0.717, 1.165) is 16.6 Å². The minimum Gasteiger partial charge on any atom is -0.443 e. The van der Waals surface area contributed by atoms with Crippen LogP contribution in [0.15, 0.2) is 39.7 Å². The summed E-state index contributed by atoms with van der Waals surface area (Å²) in [6.07, 6.45) is 2.96. The van der Waals surface area contributed by atoms with Crippen LogP contribution in [-0.2, 0) is 0 Å². The molecule has 2 heterocycles. The molecule has 0 atom stereocenters. The van der Waals surface area contributed by atoms with Gasteiger partial charge in [0, 0.05) is 5.56 Å². The monoisotopic (exact) mass is 201 g/mol. The zero-order chi connectivity index (χ0) is 10.3. The molecule has 0 fully saturated rings. The topological polar surface area (TPSA) is 78.1 Å². The second-order valence-corrected chi connectivity index (χ2v) is 3.11. The van der Waals surface area contributed by atoms with Gasteiger partial charge in [-0.25, -0.2) is 4.98 Å². The van der Waals surface area contributed by atoms with E-state index in [1.807, 2.05) is 18.2 Å². The van der Waals surface area contributed by atoms with Gasteiger partial charge < -0.3 is 14.7 Å². The third-order valence-corrected chi connectivity index (χ3v) is 2.25. The van der Waals surface area contributed by atoms with Crippen molar-refractivity contribution in [3.8, 4) is 11.1 Å². The molecule has 0 radical (unpaired) electrons. The number of anilines is 1. The Balaban J connectivity index is 2.36. The summed E-state index contributed by atoms with van der Waals surface area (Å²) in [5, 5.41) is 3.63. The molecule has 0 saturated heterocycles. The molecule has 5 nitrogen and oxygen atoms in total. The van der Waals surface area contributed by atoms with Crippen LogP contribution in [0, 0.1) is 0 Å². The van der Waals surface area contributed by atoms with Gasteiger partial charge in [-0.3, -0.25) is 0 Å². The number of hydrogen-bond acceptors (Lipinski definition) is 5. The van der Waals surface area contributed by atoms with Gasteiger partial charge in [-0.2, -0.15) is 0 Å². The predicted molar refractivity (Wildman–Crippen MR) is 53.9 cm³/mol. The first-order valence-corrected chi connectivity index (χ1v) is 4.39. The highest BCUT2D eigenvalue weighted by Gasteiger charge is 2.12. The van der Waals surface area contributed by atoms with E-state index in [4.69, 9.17) is 14.7 Å². The van der Waals surface area contributed by atoms with Crippen molar-refractivity contribution < 1.29 is 8.94 Å². The Hall–Kier alpha value is -2.30. The Morgan fingerprint density at radius 2 is 2.13 bits per heavy atom. The maximum atomic E-state index is 5.64. The molecule has 0 aliphatic carbocycles. The first-order chi connectivity index (χ1) is 7.36. The van der Waals surface area contributed by atoms with Crippen molar-refractivity contribution >= 4 is 17.0 Å². The highest BCUT2D eigenvalue weighted by Crippen LogP contribution is 2.31. The molecule has 1 aromatic carbocycles. The Labute approximate surface area is 84.5 Å². The molecule has 0 aliphatic heterocycles. The Kier molecular flexibility index (Phi) is 1.53. The van der Waals surface area contributed by atoms with Crippen LogP contribution in [0.3, 0.4) is 0 Å². The van der Waals surface area contributed by atoms with Crippen LogP contribution in [0.25, 0.3) is 22.2 Å². The lowest BCUT2D eigenvalue weighted by Gasteiger charge is -1.97. The minimum atomic E-state index is 0.277. The highest BCUT2D eigenvalue weighted by atomic mass is 16.5. The molecule has 15 heavy (non-hydrogen) atoms. The van der Waals surface area contributed by atoms with Crippen molar-refractivity contribution in [2.45, 2.75) is 0 Å². The number of nitrogen functional groups attached to an aromatic ring is 1. The lowest BCUT2D eigenvalue weighted by Crippen LogP contribution is -1.84. The van der Waals surface area contributed by atoms with Crippen LogP contribution in [0.2, 0.25) is 0 Å². The van der Waals surface area contributed by atoms with Crippen molar-refractivity contribution in [2.24, 2.45) is 0 Å². The zero-order valence-electron chi connectivity index (χ0n) is 7.68. The number of oxazole rings is 1. The summed E-state index contributed by atoms with van der Waals surface area (Å²) < 4.78 is 10.1. The van der Waals surface area contributed by atoms with E-state index in [1.54, 1.807) is 6.20 Å². The number of hydrogen-bond donors (Lipinski definition) is 1. The smallest absolute Gasteiger partial charge is 0.230 e. The average molecular weight is 201 g/mol. The summed E-state index contributed by atoms with van der Waals surface area (Å²) in [6.45, 7) is 0. The summed E-state index contributed by atoms with van der Waals surface area (Å²) in [5.41, 5.74) is 8.67. The molecule has 0 saturated carbocycles. The summed E-state index contributed by atoms with van der Waals surface area (Å²) in [5.74, 6) is 0.277. The van der Waals surface area contributed by atoms with E-state index in [9.17, 15) is 0 Å². The van der Waals surface area contributed by atoms with Gasteiger partial charge >= 0.3 is 0 Å². The van der Waals surface area contributed by atoms with Crippen LogP contribution >= 0.6 is 0 Å². The van der Waals surface area contributed by atoms with Crippen molar-refractivity contribution in [1.82, 2.24) is 10.1 Å². The molecule has 0 bridgehead atoms. The largest absolute Gasteiger partial charge is 0.443 e. The van der Waals surface area contributed by atoms with E-state index in [-0.39, 0.29) is 5.88 Å². The molecule has 0 unspecified atom stereocenters. The zero-order valence-corrected chi connectivity index (χ0v) is 7.68. The lowest BCUT2D eigenvalue weighted by molar-refractivity contribution is 0.436. The van der Waals surface area contributed by atoms with Gasteiger partial charge in [0.15, 0.2) is 12.0 Å². The fraction of sp³-hybridized carbons (Fsp3) is 0. The number of rotatable bonds is 1. The SMILES string of the molecule is Nc1oncc1-c1cccc2ncoc12.